The molecule has 0 aliphatic carbocycles. The van der Waals surface area contributed by atoms with E-state index in [9.17, 15) is 4.79 Å². The van der Waals surface area contributed by atoms with Gasteiger partial charge in [0.1, 0.15) is 0 Å². The zero-order valence-corrected chi connectivity index (χ0v) is 15.2. The molecule has 2 aromatic heterocycles. The fourth-order valence-corrected chi connectivity index (χ4v) is 3.49. The van der Waals surface area contributed by atoms with Crippen LogP contribution in [0.1, 0.15) is 40.3 Å². The van der Waals surface area contributed by atoms with Crippen LogP contribution < -0.4 is 5.32 Å². The van der Waals surface area contributed by atoms with E-state index >= 15 is 0 Å². The van der Waals surface area contributed by atoms with Crippen molar-refractivity contribution in [3.05, 3.63) is 59.0 Å². The monoisotopic (exact) mass is 349 g/mol. The Kier molecular flexibility index (Phi) is 4.42. The first-order valence-electron chi connectivity index (χ1n) is 9.05. The number of hydrogen-bond acceptors (Lipinski definition) is 4. The summed E-state index contributed by atoms with van der Waals surface area (Å²) in [5.41, 5.74) is 4.97. The molecule has 1 aliphatic rings. The number of fused-ring (bicyclic) bond motifs is 1. The average Bonchev–Trinajstić information content (AvgIpc) is 3.26. The Morgan fingerprint density at radius 1 is 1.12 bits per heavy atom. The van der Waals surface area contributed by atoms with Gasteiger partial charge in [0.05, 0.1) is 0 Å². The van der Waals surface area contributed by atoms with Crippen molar-refractivity contribution in [2.75, 3.05) is 18.4 Å². The summed E-state index contributed by atoms with van der Waals surface area (Å²) in [7, 11) is 0. The molecule has 3 aromatic rings. The second-order valence-corrected chi connectivity index (χ2v) is 6.97. The van der Waals surface area contributed by atoms with E-state index in [0.717, 1.165) is 23.6 Å². The van der Waals surface area contributed by atoms with E-state index in [1.54, 1.807) is 10.6 Å². The molecule has 6 heteroatoms. The highest BCUT2D eigenvalue weighted by atomic mass is 16.1. The summed E-state index contributed by atoms with van der Waals surface area (Å²) < 4.78 is 1.70. The molecule has 134 valence electrons. The molecule has 0 atom stereocenters. The van der Waals surface area contributed by atoms with Crippen molar-refractivity contribution < 1.29 is 4.79 Å². The highest BCUT2D eigenvalue weighted by Crippen LogP contribution is 2.16. The molecule has 1 N–H and O–H groups in total. The predicted molar refractivity (Wildman–Crippen MR) is 101 cm³/mol. The largest absolute Gasteiger partial charge is 0.321 e. The molecule has 1 aliphatic heterocycles. The van der Waals surface area contributed by atoms with Gasteiger partial charge in [0.25, 0.3) is 5.91 Å². The molecule has 0 saturated carbocycles. The van der Waals surface area contributed by atoms with Crippen LogP contribution in [0.2, 0.25) is 0 Å². The van der Waals surface area contributed by atoms with Gasteiger partial charge in [0, 0.05) is 29.7 Å². The highest BCUT2D eigenvalue weighted by molar-refractivity contribution is 6.03. The zero-order valence-electron chi connectivity index (χ0n) is 15.2. The Morgan fingerprint density at radius 2 is 1.85 bits per heavy atom. The van der Waals surface area contributed by atoms with Crippen LogP contribution in [0.15, 0.2) is 36.4 Å². The quantitative estimate of drug-likeness (QED) is 0.786. The first kappa shape index (κ1) is 16.7. The molecule has 1 amide bonds. The standard InChI is InChI=1S/C20H23N5O/c1-14-11-15(2)25-19(21-14)12-18(23-25)20(26)22-17-7-5-16(6-8-17)13-24-9-3-4-10-24/h5-8,11-12H,3-4,9-10,13H2,1-2H3,(H,22,26). The van der Waals surface area contributed by atoms with E-state index in [0.29, 0.717) is 11.3 Å². The molecule has 0 bridgehead atoms. The fraction of sp³-hybridized carbons (Fsp3) is 0.350. The number of nitrogens with zero attached hydrogens (tertiary/aromatic N) is 4. The number of aromatic nitrogens is 3. The van der Waals surface area contributed by atoms with Crippen LogP contribution in [0.25, 0.3) is 5.65 Å². The van der Waals surface area contributed by atoms with Crippen molar-refractivity contribution in [3.63, 3.8) is 0 Å². The topological polar surface area (TPSA) is 62.5 Å². The minimum Gasteiger partial charge on any atom is -0.321 e. The lowest BCUT2D eigenvalue weighted by Crippen LogP contribution is -2.18. The van der Waals surface area contributed by atoms with Gasteiger partial charge in [-0.3, -0.25) is 9.69 Å². The van der Waals surface area contributed by atoms with Crippen LogP contribution in [0.5, 0.6) is 0 Å². The van der Waals surface area contributed by atoms with E-state index in [-0.39, 0.29) is 5.91 Å². The molecule has 1 fully saturated rings. The Balaban J connectivity index is 1.46. The van der Waals surface area contributed by atoms with E-state index in [4.69, 9.17) is 0 Å². The molecule has 4 rings (SSSR count). The van der Waals surface area contributed by atoms with Gasteiger partial charge in [0.15, 0.2) is 11.3 Å². The lowest BCUT2D eigenvalue weighted by Gasteiger charge is -2.14. The van der Waals surface area contributed by atoms with Gasteiger partial charge in [-0.15, -0.1) is 0 Å². The van der Waals surface area contributed by atoms with Crippen molar-refractivity contribution in [1.29, 1.82) is 0 Å². The summed E-state index contributed by atoms with van der Waals surface area (Å²) in [5.74, 6) is -0.222. The van der Waals surface area contributed by atoms with Crippen molar-refractivity contribution in [2.45, 2.75) is 33.2 Å². The van der Waals surface area contributed by atoms with Gasteiger partial charge in [0.2, 0.25) is 0 Å². The van der Waals surface area contributed by atoms with Crippen LogP contribution in [-0.4, -0.2) is 38.5 Å². The number of carbonyl (C=O) groups excluding carboxylic acids is 1. The van der Waals surface area contributed by atoms with E-state index in [1.165, 1.54) is 31.5 Å². The number of benzene rings is 1. The van der Waals surface area contributed by atoms with Gasteiger partial charge in [-0.05, 0) is 63.5 Å². The zero-order chi connectivity index (χ0) is 18.1. The molecule has 26 heavy (non-hydrogen) atoms. The average molecular weight is 349 g/mol. The second kappa shape index (κ2) is 6.88. The Bertz CT molecular complexity index is 939. The van der Waals surface area contributed by atoms with Crippen LogP contribution in [0.3, 0.4) is 0 Å². The van der Waals surface area contributed by atoms with Gasteiger partial charge < -0.3 is 5.32 Å². The number of nitrogens with one attached hydrogen (secondary N) is 1. The maximum Gasteiger partial charge on any atom is 0.276 e. The first-order chi connectivity index (χ1) is 12.6. The van der Waals surface area contributed by atoms with Crippen molar-refractivity contribution in [3.8, 4) is 0 Å². The van der Waals surface area contributed by atoms with Gasteiger partial charge >= 0.3 is 0 Å². The van der Waals surface area contributed by atoms with Crippen LogP contribution in [0, 0.1) is 13.8 Å². The van der Waals surface area contributed by atoms with Crippen molar-refractivity contribution >= 4 is 17.2 Å². The molecule has 0 spiro atoms. The van der Waals surface area contributed by atoms with Crippen LogP contribution >= 0.6 is 0 Å². The number of carbonyl (C=O) groups is 1. The third kappa shape index (κ3) is 3.46. The van der Waals surface area contributed by atoms with Crippen molar-refractivity contribution in [2.24, 2.45) is 0 Å². The molecule has 3 heterocycles. The molecule has 1 aromatic carbocycles. The molecular weight excluding hydrogens is 326 g/mol. The van der Waals surface area contributed by atoms with Gasteiger partial charge in [-0.25, -0.2) is 9.50 Å². The second-order valence-electron chi connectivity index (χ2n) is 6.97. The van der Waals surface area contributed by atoms with E-state index in [2.05, 4.69) is 32.4 Å². The number of likely N-dealkylation sites (tertiary alicyclic amines) is 1. The number of amides is 1. The summed E-state index contributed by atoms with van der Waals surface area (Å²) in [6.45, 7) is 7.22. The first-order valence-corrected chi connectivity index (χ1v) is 9.05. The Labute approximate surface area is 152 Å². The van der Waals surface area contributed by atoms with E-state index < -0.39 is 0 Å². The Hall–Kier alpha value is -2.73. The number of hydrogen-bond donors (Lipinski definition) is 1. The smallest absolute Gasteiger partial charge is 0.276 e. The van der Waals surface area contributed by atoms with Gasteiger partial charge in [-0.2, -0.15) is 5.10 Å². The van der Waals surface area contributed by atoms with E-state index in [1.807, 2.05) is 32.0 Å². The number of rotatable bonds is 4. The van der Waals surface area contributed by atoms with Crippen LogP contribution in [-0.2, 0) is 6.54 Å². The minimum atomic E-state index is -0.222. The summed E-state index contributed by atoms with van der Waals surface area (Å²) >= 11 is 0. The minimum absolute atomic E-state index is 0.222. The number of anilines is 1. The fourth-order valence-electron chi connectivity index (χ4n) is 3.49. The maximum absolute atomic E-state index is 12.5. The molecule has 0 radical (unpaired) electrons. The summed E-state index contributed by atoms with van der Waals surface area (Å²) in [5, 5.41) is 7.29. The SMILES string of the molecule is Cc1cc(C)n2nc(C(=O)Nc3ccc(CN4CCCC4)cc3)cc2n1. The molecule has 1 saturated heterocycles. The normalized spacial score (nSPS) is 14.8. The maximum atomic E-state index is 12.5. The van der Waals surface area contributed by atoms with Gasteiger partial charge in [-0.1, -0.05) is 12.1 Å². The summed E-state index contributed by atoms with van der Waals surface area (Å²) in [6.07, 6.45) is 2.59. The van der Waals surface area contributed by atoms with Crippen LogP contribution in [0.4, 0.5) is 5.69 Å². The molecule has 6 nitrogen and oxygen atoms in total. The summed E-state index contributed by atoms with van der Waals surface area (Å²) in [6, 6.07) is 11.7. The van der Waals surface area contributed by atoms with Crippen molar-refractivity contribution in [1.82, 2.24) is 19.5 Å². The molecular formula is C20H23N5O. The molecule has 0 unspecified atom stereocenters. The number of aryl methyl sites for hydroxylation is 2. The lowest BCUT2D eigenvalue weighted by molar-refractivity contribution is 0.102. The Morgan fingerprint density at radius 3 is 2.58 bits per heavy atom. The highest BCUT2D eigenvalue weighted by Gasteiger charge is 2.14. The third-order valence-corrected chi connectivity index (χ3v) is 4.78. The summed E-state index contributed by atoms with van der Waals surface area (Å²) in [4.78, 5) is 19.4. The third-order valence-electron chi connectivity index (χ3n) is 4.78. The predicted octanol–water partition coefficient (Wildman–Crippen LogP) is 3.19. The lowest BCUT2D eigenvalue weighted by atomic mass is 10.2.